The Balaban J connectivity index is 1.68. The highest BCUT2D eigenvalue weighted by Gasteiger charge is 2.12. The number of aliphatic hydroxyl groups is 1. The second-order valence-electron chi connectivity index (χ2n) is 5.02. The van der Waals surface area contributed by atoms with E-state index in [1.807, 2.05) is 0 Å². The highest BCUT2D eigenvalue weighted by molar-refractivity contribution is 5.33. The number of hydrogen-bond acceptors (Lipinski definition) is 6. The van der Waals surface area contributed by atoms with Crippen LogP contribution in [-0.2, 0) is 4.74 Å². The van der Waals surface area contributed by atoms with Gasteiger partial charge in [-0.05, 0) is 17.7 Å². The molecule has 2 N–H and O–H groups in total. The molecule has 1 atom stereocenters. The lowest BCUT2D eigenvalue weighted by Gasteiger charge is -2.26. The summed E-state index contributed by atoms with van der Waals surface area (Å²) < 4.78 is 5.28. The number of hydrogen-bond donors (Lipinski definition) is 2. The third-order valence-corrected chi connectivity index (χ3v) is 3.53. The van der Waals surface area contributed by atoms with E-state index in [0.29, 0.717) is 12.1 Å². The van der Waals surface area contributed by atoms with Gasteiger partial charge in [-0.15, -0.1) is 0 Å². The Morgan fingerprint density at radius 3 is 2.62 bits per heavy atom. The molecule has 1 aliphatic rings. The molecule has 0 saturated carbocycles. The number of nitrogens with one attached hydrogen (secondary N) is 1. The Labute approximate surface area is 123 Å². The van der Waals surface area contributed by atoms with Crippen molar-refractivity contribution in [1.29, 1.82) is 0 Å². The van der Waals surface area contributed by atoms with Gasteiger partial charge in [0, 0.05) is 44.9 Å². The van der Waals surface area contributed by atoms with Crippen LogP contribution in [0.1, 0.15) is 11.7 Å². The average Bonchev–Trinajstić information content (AvgIpc) is 2.52. The summed E-state index contributed by atoms with van der Waals surface area (Å²) in [5.41, 5.74) is 0.714. The van der Waals surface area contributed by atoms with Gasteiger partial charge in [-0.3, -0.25) is 15.0 Å². The highest BCUT2D eigenvalue weighted by Crippen LogP contribution is 2.17. The Morgan fingerprint density at radius 1 is 1.33 bits per heavy atom. The summed E-state index contributed by atoms with van der Waals surface area (Å²) in [5.74, 6) is 0. The van der Waals surface area contributed by atoms with E-state index in [1.165, 1.54) is 12.1 Å². The second-order valence-corrected chi connectivity index (χ2v) is 5.02. The van der Waals surface area contributed by atoms with Crippen molar-refractivity contribution in [2.75, 3.05) is 45.9 Å². The maximum absolute atomic E-state index is 10.6. The maximum Gasteiger partial charge on any atom is 0.269 e. The van der Waals surface area contributed by atoms with E-state index >= 15 is 0 Å². The molecule has 7 heteroatoms. The standard InChI is InChI=1S/C14H21N3O4/c18-14(12-1-3-13(4-2-12)17(19)20)11-15-5-6-16-7-9-21-10-8-16/h1-4,14-15,18H,5-11H2. The molecule has 1 aromatic rings. The minimum absolute atomic E-state index is 0.0335. The number of morpholine rings is 1. The number of nitrogens with zero attached hydrogens (tertiary/aromatic N) is 2. The number of non-ortho nitro benzene ring substituents is 1. The van der Waals surface area contributed by atoms with E-state index in [-0.39, 0.29) is 5.69 Å². The molecule has 1 aromatic carbocycles. The van der Waals surface area contributed by atoms with Crippen molar-refractivity contribution in [3.63, 3.8) is 0 Å². The molecular formula is C14H21N3O4. The van der Waals surface area contributed by atoms with Crippen molar-refractivity contribution in [3.05, 3.63) is 39.9 Å². The van der Waals surface area contributed by atoms with Gasteiger partial charge >= 0.3 is 0 Å². The first kappa shape index (κ1) is 15.8. The predicted octanol–water partition coefficient (Wildman–Crippen LogP) is 0.550. The normalized spacial score (nSPS) is 17.6. The fraction of sp³-hybridized carbons (Fsp3) is 0.571. The average molecular weight is 295 g/mol. The van der Waals surface area contributed by atoms with E-state index in [4.69, 9.17) is 4.74 Å². The van der Waals surface area contributed by atoms with Crippen molar-refractivity contribution in [3.8, 4) is 0 Å². The van der Waals surface area contributed by atoms with Gasteiger partial charge in [0.2, 0.25) is 0 Å². The van der Waals surface area contributed by atoms with Gasteiger partial charge in [0.1, 0.15) is 0 Å². The fourth-order valence-electron chi connectivity index (χ4n) is 2.24. The molecule has 2 rings (SSSR count). The molecule has 0 bridgehead atoms. The summed E-state index contributed by atoms with van der Waals surface area (Å²) in [6.45, 7) is 5.62. The number of benzene rings is 1. The molecule has 1 heterocycles. The molecule has 116 valence electrons. The van der Waals surface area contributed by atoms with E-state index < -0.39 is 11.0 Å². The quantitative estimate of drug-likeness (QED) is 0.434. The van der Waals surface area contributed by atoms with Crippen LogP contribution in [-0.4, -0.2) is 60.9 Å². The zero-order valence-electron chi connectivity index (χ0n) is 11.9. The largest absolute Gasteiger partial charge is 0.387 e. The van der Waals surface area contributed by atoms with Gasteiger partial charge in [0.15, 0.2) is 0 Å². The van der Waals surface area contributed by atoms with E-state index in [0.717, 1.165) is 39.4 Å². The lowest BCUT2D eigenvalue weighted by Crippen LogP contribution is -2.40. The van der Waals surface area contributed by atoms with Crippen molar-refractivity contribution in [1.82, 2.24) is 10.2 Å². The van der Waals surface area contributed by atoms with Gasteiger partial charge in [-0.25, -0.2) is 0 Å². The van der Waals surface area contributed by atoms with Crippen molar-refractivity contribution < 1.29 is 14.8 Å². The molecule has 1 fully saturated rings. The van der Waals surface area contributed by atoms with Crippen LogP contribution in [0.2, 0.25) is 0 Å². The van der Waals surface area contributed by atoms with Crippen LogP contribution in [0.25, 0.3) is 0 Å². The lowest BCUT2D eigenvalue weighted by atomic mass is 10.1. The third kappa shape index (κ3) is 5.05. The van der Waals surface area contributed by atoms with Crippen molar-refractivity contribution in [2.24, 2.45) is 0 Å². The highest BCUT2D eigenvalue weighted by atomic mass is 16.6. The van der Waals surface area contributed by atoms with Gasteiger partial charge in [0.05, 0.1) is 24.2 Å². The van der Waals surface area contributed by atoms with Crippen LogP contribution in [0.4, 0.5) is 5.69 Å². The minimum Gasteiger partial charge on any atom is -0.387 e. The maximum atomic E-state index is 10.6. The molecule has 0 radical (unpaired) electrons. The molecule has 7 nitrogen and oxygen atoms in total. The summed E-state index contributed by atoms with van der Waals surface area (Å²) in [7, 11) is 0. The zero-order valence-corrected chi connectivity index (χ0v) is 11.9. The Kier molecular flexibility index (Phi) is 6.06. The third-order valence-electron chi connectivity index (χ3n) is 3.53. The molecule has 21 heavy (non-hydrogen) atoms. The van der Waals surface area contributed by atoms with Crippen LogP contribution in [0, 0.1) is 10.1 Å². The molecule has 0 aromatic heterocycles. The monoisotopic (exact) mass is 295 g/mol. The first-order valence-corrected chi connectivity index (χ1v) is 7.10. The first-order valence-electron chi connectivity index (χ1n) is 7.10. The van der Waals surface area contributed by atoms with Crippen LogP contribution < -0.4 is 5.32 Å². The van der Waals surface area contributed by atoms with Crippen LogP contribution in [0.3, 0.4) is 0 Å². The second kappa shape index (κ2) is 8.04. The molecule has 0 amide bonds. The Hall–Kier alpha value is -1.54. The van der Waals surface area contributed by atoms with Gasteiger partial charge in [0.25, 0.3) is 5.69 Å². The molecule has 1 aliphatic heterocycles. The Morgan fingerprint density at radius 2 is 2.00 bits per heavy atom. The summed E-state index contributed by atoms with van der Waals surface area (Å²) >= 11 is 0. The molecular weight excluding hydrogens is 274 g/mol. The SMILES string of the molecule is O=[N+]([O-])c1ccc(C(O)CNCCN2CCOCC2)cc1. The predicted molar refractivity (Wildman–Crippen MR) is 78.2 cm³/mol. The number of nitro benzene ring substituents is 1. The smallest absolute Gasteiger partial charge is 0.269 e. The van der Waals surface area contributed by atoms with Crippen LogP contribution in [0.15, 0.2) is 24.3 Å². The summed E-state index contributed by atoms with van der Waals surface area (Å²) in [5, 5.41) is 23.8. The first-order chi connectivity index (χ1) is 10.2. The summed E-state index contributed by atoms with van der Waals surface area (Å²) in [6, 6.07) is 6.00. The van der Waals surface area contributed by atoms with Crippen molar-refractivity contribution >= 4 is 5.69 Å². The summed E-state index contributed by atoms with van der Waals surface area (Å²) in [4.78, 5) is 12.4. The molecule has 0 aliphatic carbocycles. The Bertz CT molecular complexity index is 446. The van der Waals surface area contributed by atoms with Crippen LogP contribution in [0.5, 0.6) is 0 Å². The van der Waals surface area contributed by atoms with Crippen LogP contribution >= 0.6 is 0 Å². The molecule has 0 spiro atoms. The van der Waals surface area contributed by atoms with E-state index in [9.17, 15) is 15.2 Å². The summed E-state index contributed by atoms with van der Waals surface area (Å²) in [6.07, 6.45) is -0.657. The van der Waals surface area contributed by atoms with Gasteiger partial charge in [-0.1, -0.05) is 0 Å². The zero-order chi connectivity index (χ0) is 15.1. The van der Waals surface area contributed by atoms with E-state index in [2.05, 4.69) is 10.2 Å². The fourth-order valence-corrected chi connectivity index (χ4v) is 2.24. The van der Waals surface area contributed by atoms with Gasteiger partial charge < -0.3 is 15.2 Å². The molecule has 1 unspecified atom stereocenters. The number of rotatable bonds is 7. The minimum atomic E-state index is -0.657. The van der Waals surface area contributed by atoms with Gasteiger partial charge in [-0.2, -0.15) is 0 Å². The number of ether oxygens (including phenoxy) is 1. The molecule has 1 saturated heterocycles. The number of nitro groups is 1. The number of aliphatic hydroxyl groups excluding tert-OH is 1. The van der Waals surface area contributed by atoms with Crippen molar-refractivity contribution in [2.45, 2.75) is 6.10 Å². The topological polar surface area (TPSA) is 87.9 Å². The lowest BCUT2D eigenvalue weighted by molar-refractivity contribution is -0.384. The van der Waals surface area contributed by atoms with E-state index in [1.54, 1.807) is 12.1 Å².